The van der Waals surface area contributed by atoms with E-state index >= 15 is 0 Å². The number of esters is 1. The van der Waals surface area contributed by atoms with Crippen molar-refractivity contribution in [3.8, 4) is 11.5 Å². The average molecular weight is 463 g/mol. The quantitative estimate of drug-likeness (QED) is 0.384. The van der Waals surface area contributed by atoms with E-state index in [0.717, 1.165) is 11.6 Å². The van der Waals surface area contributed by atoms with Crippen LogP contribution in [0, 0.1) is 0 Å². The third kappa shape index (κ3) is 7.10. The van der Waals surface area contributed by atoms with Gasteiger partial charge in [-0.3, -0.25) is 4.79 Å². The molecule has 0 aromatic heterocycles. The molecule has 0 spiro atoms. The van der Waals surface area contributed by atoms with E-state index in [0.29, 0.717) is 18.5 Å². The smallest absolute Gasteiger partial charge is 0.330 e. The molecule has 32 heavy (non-hydrogen) atoms. The van der Waals surface area contributed by atoms with Crippen LogP contribution in [-0.4, -0.2) is 54.7 Å². The van der Waals surface area contributed by atoms with Crippen molar-refractivity contribution in [2.24, 2.45) is 0 Å². The van der Waals surface area contributed by atoms with E-state index in [1.165, 1.54) is 39.5 Å². The Morgan fingerprint density at radius 3 is 2.38 bits per heavy atom. The standard InChI is InChI=1S/C22H26N2O7S/c1-29-18-13-17(9-10-21(26)30-2)14-19(22(18)31-3)32(27,28)24-15-20(25)23-12-11-16-7-5-4-6-8-16/h4-10,13-14,24H,11-12,15H2,1-3H3,(H,23,25)/b10-9+. The van der Waals surface area contributed by atoms with Crippen molar-refractivity contribution in [1.82, 2.24) is 10.0 Å². The number of carbonyl (C=O) groups is 2. The fourth-order valence-electron chi connectivity index (χ4n) is 2.77. The molecule has 0 aliphatic carbocycles. The van der Waals surface area contributed by atoms with Gasteiger partial charge in [0.1, 0.15) is 4.90 Å². The minimum atomic E-state index is -4.14. The molecule has 0 saturated heterocycles. The minimum Gasteiger partial charge on any atom is -0.493 e. The van der Waals surface area contributed by atoms with Crippen molar-refractivity contribution < 1.29 is 32.2 Å². The zero-order chi connectivity index (χ0) is 23.6. The number of rotatable bonds is 11. The maximum atomic E-state index is 12.9. The Hall–Kier alpha value is -3.37. The Bertz CT molecular complexity index is 1070. The van der Waals surface area contributed by atoms with Gasteiger partial charge >= 0.3 is 5.97 Å². The Morgan fingerprint density at radius 1 is 1.03 bits per heavy atom. The van der Waals surface area contributed by atoms with E-state index in [1.54, 1.807) is 0 Å². The molecule has 2 aromatic rings. The van der Waals surface area contributed by atoms with Crippen molar-refractivity contribution in [3.05, 3.63) is 59.7 Å². The highest BCUT2D eigenvalue weighted by molar-refractivity contribution is 7.89. The van der Waals surface area contributed by atoms with E-state index in [9.17, 15) is 18.0 Å². The molecule has 0 saturated carbocycles. The molecule has 2 rings (SSSR count). The van der Waals surface area contributed by atoms with Crippen LogP contribution in [0.2, 0.25) is 0 Å². The molecule has 0 atom stereocenters. The third-order valence-corrected chi connectivity index (χ3v) is 5.78. The van der Waals surface area contributed by atoms with Crippen LogP contribution < -0.4 is 19.5 Å². The Balaban J connectivity index is 2.12. The molecular weight excluding hydrogens is 436 g/mol. The average Bonchev–Trinajstić information content (AvgIpc) is 2.81. The zero-order valence-electron chi connectivity index (χ0n) is 18.1. The summed E-state index contributed by atoms with van der Waals surface area (Å²) >= 11 is 0. The van der Waals surface area contributed by atoms with Crippen LogP contribution in [0.1, 0.15) is 11.1 Å². The SMILES string of the molecule is COC(=O)/C=C/c1cc(OC)c(OC)c(S(=O)(=O)NCC(=O)NCCc2ccccc2)c1. The monoisotopic (exact) mass is 462 g/mol. The Kier molecular flexibility index (Phi) is 9.23. The molecule has 10 heteroatoms. The van der Waals surface area contributed by atoms with Gasteiger partial charge in [-0.05, 0) is 35.8 Å². The number of nitrogens with one attached hydrogen (secondary N) is 2. The number of amides is 1. The predicted molar refractivity (Wildman–Crippen MR) is 119 cm³/mol. The van der Waals surface area contributed by atoms with Crippen molar-refractivity contribution >= 4 is 28.0 Å². The molecule has 2 N–H and O–H groups in total. The van der Waals surface area contributed by atoms with Crippen molar-refractivity contribution in [2.75, 3.05) is 34.4 Å². The number of sulfonamides is 1. The van der Waals surface area contributed by atoms with Gasteiger partial charge in [0.05, 0.1) is 27.9 Å². The van der Waals surface area contributed by atoms with Crippen LogP contribution >= 0.6 is 0 Å². The van der Waals surface area contributed by atoms with Crippen LogP contribution in [0.4, 0.5) is 0 Å². The van der Waals surface area contributed by atoms with Crippen LogP contribution in [0.3, 0.4) is 0 Å². The van der Waals surface area contributed by atoms with Gasteiger partial charge in [-0.15, -0.1) is 0 Å². The Morgan fingerprint density at radius 2 is 1.75 bits per heavy atom. The van der Waals surface area contributed by atoms with Gasteiger partial charge in [0.25, 0.3) is 0 Å². The molecule has 9 nitrogen and oxygen atoms in total. The summed E-state index contributed by atoms with van der Waals surface area (Å²) in [6.45, 7) is -0.0830. The first kappa shape index (κ1) is 24.9. The lowest BCUT2D eigenvalue weighted by molar-refractivity contribution is -0.134. The van der Waals surface area contributed by atoms with Crippen molar-refractivity contribution in [3.63, 3.8) is 0 Å². The van der Waals surface area contributed by atoms with E-state index in [1.807, 2.05) is 30.3 Å². The molecule has 172 valence electrons. The van der Waals surface area contributed by atoms with Crippen LogP contribution in [0.25, 0.3) is 6.08 Å². The Labute approximate surface area is 187 Å². The summed E-state index contributed by atoms with van der Waals surface area (Å²) in [7, 11) is -0.253. The second-order valence-corrected chi connectivity index (χ2v) is 8.26. The number of benzene rings is 2. The first-order valence-corrected chi connectivity index (χ1v) is 11.1. The van der Waals surface area contributed by atoms with Gasteiger partial charge in [-0.25, -0.2) is 17.9 Å². The summed E-state index contributed by atoms with van der Waals surface area (Å²) in [5, 5.41) is 2.67. The first-order chi connectivity index (χ1) is 15.3. The molecular formula is C22H26N2O7S. The number of carbonyl (C=O) groups excluding carboxylic acids is 2. The van der Waals surface area contributed by atoms with Gasteiger partial charge in [-0.1, -0.05) is 30.3 Å². The third-order valence-electron chi connectivity index (χ3n) is 4.37. The van der Waals surface area contributed by atoms with Crippen molar-refractivity contribution in [1.29, 1.82) is 0 Å². The first-order valence-electron chi connectivity index (χ1n) is 9.63. The molecule has 0 radical (unpaired) electrons. The molecule has 0 unspecified atom stereocenters. The predicted octanol–water partition coefficient (Wildman–Crippen LogP) is 1.53. The second-order valence-electron chi connectivity index (χ2n) is 6.52. The summed E-state index contributed by atoms with van der Waals surface area (Å²) in [5.74, 6) is -0.960. The number of hydrogen-bond acceptors (Lipinski definition) is 7. The highest BCUT2D eigenvalue weighted by Gasteiger charge is 2.24. The van der Waals surface area contributed by atoms with Crippen LogP contribution in [-0.2, 0) is 30.8 Å². The maximum absolute atomic E-state index is 12.9. The lowest BCUT2D eigenvalue weighted by Gasteiger charge is -2.15. The van der Waals surface area contributed by atoms with Gasteiger partial charge in [0.2, 0.25) is 15.9 Å². The van der Waals surface area contributed by atoms with Gasteiger partial charge in [0, 0.05) is 12.6 Å². The molecule has 0 aliphatic rings. The van der Waals surface area contributed by atoms with Crippen LogP contribution in [0.5, 0.6) is 11.5 Å². The lowest BCUT2D eigenvalue weighted by atomic mass is 10.1. The molecule has 2 aromatic carbocycles. The topological polar surface area (TPSA) is 120 Å². The van der Waals surface area contributed by atoms with Crippen molar-refractivity contribution in [2.45, 2.75) is 11.3 Å². The highest BCUT2D eigenvalue weighted by Crippen LogP contribution is 2.36. The largest absolute Gasteiger partial charge is 0.493 e. The van der Waals surface area contributed by atoms with E-state index in [-0.39, 0.29) is 16.4 Å². The number of ether oxygens (including phenoxy) is 3. The molecule has 0 fully saturated rings. The summed E-state index contributed by atoms with van der Waals surface area (Å²) < 4.78 is 43.0. The van der Waals surface area contributed by atoms with Gasteiger partial charge < -0.3 is 19.5 Å². The second kappa shape index (κ2) is 11.9. The number of hydrogen-bond donors (Lipinski definition) is 2. The van der Waals surface area contributed by atoms with E-state index in [2.05, 4.69) is 14.8 Å². The summed E-state index contributed by atoms with van der Waals surface area (Å²) in [6, 6.07) is 12.4. The van der Waals surface area contributed by atoms with Gasteiger partial charge in [0.15, 0.2) is 11.5 Å². The lowest BCUT2D eigenvalue weighted by Crippen LogP contribution is -2.37. The summed E-state index contributed by atoms with van der Waals surface area (Å²) in [6.07, 6.45) is 3.15. The normalized spacial score (nSPS) is 11.2. The zero-order valence-corrected chi connectivity index (χ0v) is 18.9. The maximum Gasteiger partial charge on any atom is 0.330 e. The fourth-order valence-corrected chi connectivity index (χ4v) is 3.97. The highest BCUT2D eigenvalue weighted by atomic mass is 32.2. The van der Waals surface area contributed by atoms with E-state index in [4.69, 9.17) is 9.47 Å². The van der Waals surface area contributed by atoms with Gasteiger partial charge in [-0.2, -0.15) is 0 Å². The molecule has 0 aliphatic heterocycles. The number of methoxy groups -OCH3 is 3. The minimum absolute atomic E-state index is 0.0281. The summed E-state index contributed by atoms with van der Waals surface area (Å²) in [4.78, 5) is 23.2. The van der Waals surface area contributed by atoms with Crippen LogP contribution in [0.15, 0.2) is 53.4 Å². The fraction of sp³-hybridized carbons (Fsp3) is 0.273. The molecule has 1 amide bonds. The molecule has 0 heterocycles. The van der Waals surface area contributed by atoms with E-state index < -0.39 is 28.4 Å². The summed E-state index contributed by atoms with van der Waals surface area (Å²) in [5.41, 5.74) is 1.42. The molecule has 0 bridgehead atoms.